The van der Waals surface area contributed by atoms with E-state index in [-0.39, 0.29) is 12.5 Å². The van der Waals surface area contributed by atoms with E-state index in [9.17, 15) is 4.79 Å². The van der Waals surface area contributed by atoms with Crippen molar-refractivity contribution >= 4 is 23.6 Å². The molecule has 182 valence electrons. The van der Waals surface area contributed by atoms with E-state index in [1.165, 1.54) is 0 Å². The molecule has 0 aliphatic carbocycles. The molecule has 0 saturated carbocycles. The van der Waals surface area contributed by atoms with E-state index in [2.05, 4.69) is 15.3 Å². The lowest BCUT2D eigenvalue weighted by atomic mass is 10.1. The van der Waals surface area contributed by atoms with Crippen LogP contribution in [0.25, 0.3) is 28.7 Å². The number of carbonyl (C=O) groups excluding carboxylic acids is 1. The summed E-state index contributed by atoms with van der Waals surface area (Å²) in [7, 11) is 3.26. The Morgan fingerprint density at radius 1 is 1.08 bits per heavy atom. The zero-order valence-corrected chi connectivity index (χ0v) is 20.6. The summed E-state index contributed by atoms with van der Waals surface area (Å²) in [5.41, 5.74) is 4.93. The largest absolute Gasteiger partial charge is 0.497 e. The predicted octanol–water partition coefficient (Wildman–Crippen LogP) is 5.51. The quantitative estimate of drug-likeness (QED) is 0.349. The molecule has 0 radical (unpaired) electrons. The average molecular weight is 502 g/mol. The van der Waals surface area contributed by atoms with Crippen LogP contribution >= 0.6 is 11.6 Å². The normalized spacial score (nSPS) is 12.2. The maximum atomic E-state index is 12.7. The van der Waals surface area contributed by atoms with Gasteiger partial charge in [0, 0.05) is 28.3 Å². The third kappa shape index (κ3) is 4.92. The highest BCUT2D eigenvalue weighted by Gasteiger charge is 2.17. The van der Waals surface area contributed by atoms with E-state index in [1.807, 2.05) is 48.5 Å². The zero-order valence-electron chi connectivity index (χ0n) is 19.8. The molecular weight excluding hydrogens is 478 g/mol. The molecule has 2 heterocycles. The fraction of sp³-hybridized carbons (Fsp3) is 0.143. The summed E-state index contributed by atoms with van der Waals surface area (Å²) in [5, 5.41) is 3.55. The maximum absolute atomic E-state index is 12.7. The van der Waals surface area contributed by atoms with Crippen LogP contribution < -0.4 is 19.5 Å². The summed E-state index contributed by atoms with van der Waals surface area (Å²) in [4.78, 5) is 20.5. The second-order valence-electron chi connectivity index (χ2n) is 8.23. The Bertz CT molecular complexity index is 1440. The molecular formula is C28H24ClN3O4. The highest BCUT2D eigenvalue weighted by atomic mass is 35.5. The molecule has 1 amide bonds. The third-order valence-electron chi connectivity index (χ3n) is 5.93. The van der Waals surface area contributed by atoms with Gasteiger partial charge >= 0.3 is 0 Å². The van der Waals surface area contributed by atoms with Crippen LogP contribution in [0.15, 0.2) is 72.4 Å². The first-order chi connectivity index (χ1) is 17.5. The van der Waals surface area contributed by atoms with Gasteiger partial charge < -0.3 is 24.5 Å². The summed E-state index contributed by atoms with van der Waals surface area (Å²) in [6.45, 7) is 0.613. The van der Waals surface area contributed by atoms with Gasteiger partial charge in [-0.25, -0.2) is 4.98 Å². The number of H-pyrrole nitrogens is 1. The van der Waals surface area contributed by atoms with Crippen molar-refractivity contribution in [3.8, 4) is 39.9 Å². The van der Waals surface area contributed by atoms with Crippen molar-refractivity contribution < 1.29 is 19.0 Å². The Balaban J connectivity index is 1.25. The number of hydrogen-bond donors (Lipinski definition) is 2. The Labute approximate surface area is 213 Å². The molecule has 2 N–H and O–H groups in total. The van der Waals surface area contributed by atoms with Gasteiger partial charge in [0.15, 0.2) is 0 Å². The number of halogens is 1. The summed E-state index contributed by atoms with van der Waals surface area (Å²) in [6, 6.07) is 18.8. The number of aromatic amines is 1. The van der Waals surface area contributed by atoms with E-state index in [0.29, 0.717) is 17.1 Å². The van der Waals surface area contributed by atoms with Crippen LogP contribution in [-0.2, 0) is 11.3 Å². The van der Waals surface area contributed by atoms with Crippen LogP contribution in [-0.4, -0.2) is 36.7 Å². The molecule has 7 nitrogen and oxygen atoms in total. The number of rotatable bonds is 7. The maximum Gasteiger partial charge on any atom is 0.250 e. The van der Waals surface area contributed by atoms with Crippen molar-refractivity contribution in [3.05, 3.63) is 88.6 Å². The molecule has 0 bridgehead atoms. The predicted molar refractivity (Wildman–Crippen MR) is 139 cm³/mol. The van der Waals surface area contributed by atoms with Crippen LogP contribution in [0.4, 0.5) is 0 Å². The smallest absolute Gasteiger partial charge is 0.250 e. The molecule has 5 rings (SSSR count). The van der Waals surface area contributed by atoms with Crippen molar-refractivity contribution in [2.45, 2.75) is 6.54 Å². The number of hydrogen-bond acceptors (Lipinski definition) is 5. The van der Waals surface area contributed by atoms with E-state index < -0.39 is 0 Å². The monoisotopic (exact) mass is 501 g/mol. The first-order valence-corrected chi connectivity index (χ1v) is 11.7. The van der Waals surface area contributed by atoms with Gasteiger partial charge in [-0.1, -0.05) is 35.9 Å². The van der Waals surface area contributed by atoms with Gasteiger partial charge in [0.25, 0.3) is 5.91 Å². The van der Waals surface area contributed by atoms with Crippen molar-refractivity contribution in [1.82, 2.24) is 15.3 Å². The lowest BCUT2D eigenvalue weighted by molar-refractivity contribution is -0.117. The van der Waals surface area contributed by atoms with Gasteiger partial charge in [-0.15, -0.1) is 0 Å². The van der Waals surface area contributed by atoms with E-state index >= 15 is 0 Å². The SMILES string of the molecule is COc1ccc(OC)c(-c2cnc(-c3ccc(CNC(=O)C4=Cc5cc(Cl)ccc5OC4)cc3)[nH]2)c1. The lowest BCUT2D eigenvalue weighted by Gasteiger charge is -2.18. The molecule has 0 spiro atoms. The Morgan fingerprint density at radius 2 is 1.92 bits per heavy atom. The Kier molecular flexibility index (Phi) is 6.64. The average Bonchev–Trinajstić information content (AvgIpc) is 3.41. The summed E-state index contributed by atoms with van der Waals surface area (Å²) in [5.74, 6) is 2.73. The Hall–Kier alpha value is -4.23. The second kappa shape index (κ2) is 10.2. The van der Waals surface area contributed by atoms with Crippen LogP contribution in [0, 0.1) is 0 Å². The highest BCUT2D eigenvalue weighted by Crippen LogP contribution is 2.33. The van der Waals surface area contributed by atoms with Crippen molar-refractivity contribution in [1.29, 1.82) is 0 Å². The topological polar surface area (TPSA) is 85.5 Å². The van der Waals surface area contributed by atoms with Gasteiger partial charge in [-0.2, -0.15) is 0 Å². The summed E-state index contributed by atoms with van der Waals surface area (Å²) < 4.78 is 16.5. The number of amides is 1. The van der Waals surface area contributed by atoms with E-state index in [1.54, 1.807) is 38.6 Å². The van der Waals surface area contributed by atoms with Crippen LogP contribution in [0.5, 0.6) is 17.2 Å². The molecule has 1 aliphatic rings. The number of aromatic nitrogens is 2. The highest BCUT2D eigenvalue weighted by molar-refractivity contribution is 6.30. The molecule has 0 atom stereocenters. The number of benzene rings is 3. The number of imidazole rings is 1. The third-order valence-corrected chi connectivity index (χ3v) is 6.16. The molecule has 8 heteroatoms. The van der Waals surface area contributed by atoms with Gasteiger partial charge in [-0.05, 0) is 48.0 Å². The van der Waals surface area contributed by atoms with Crippen molar-refractivity contribution in [2.75, 3.05) is 20.8 Å². The lowest BCUT2D eigenvalue weighted by Crippen LogP contribution is -2.28. The fourth-order valence-corrected chi connectivity index (χ4v) is 4.17. The van der Waals surface area contributed by atoms with Gasteiger partial charge in [0.1, 0.15) is 29.7 Å². The van der Waals surface area contributed by atoms with Gasteiger partial charge in [-0.3, -0.25) is 4.79 Å². The first-order valence-electron chi connectivity index (χ1n) is 11.3. The number of nitrogens with one attached hydrogen (secondary N) is 2. The molecule has 1 aliphatic heterocycles. The Morgan fingerprint density at radius 3 is 2.69 bits per heavy atom. The minimum absolute atomic E-state index is 0.174. The minimum atomic E-state index is -0.174. The standard InChI is InChI=1S/C28H24ClN3O4/c1-34-22-8-10-26(35-2)23(13-22)24-15-30-27(32-24)18-5-3-17(4-6-18)14-31-28(33)20-11-19-12-21(29)7-9-25(19)36-16-20/h3-13,15H,14,16H2,1-2H3,(H,30,32)(H,31,33). The number of methoxy groups -OCH3 is 2. The number of fused-ring (bicyclic) bond motifs is 1. The molecule has 0 fully saturated rings. The molecule has 36 heavy (non-hydrogen) atoms. The van der Waals surface area contributed by atoms with Crippen LogP contribution in [0.3, 0.4) is 0 Å². The first kappa shape index (κ1) is 23.5. The van der Waals surface area contributed by atoms with Crippen molar-refractivity contribution in [3.63, 3.8) is 0 Å². The van der Waals surface area contributed by atoms with E-state index in [0.717, 1.165) is 51.0 Å². The molecule has 0 saturated heterocycles. The molecule has 1 aromatic heterocycles. The number of ether oxygens (including phenoxy) is 3. The van der Waals surface area contributed by atoms with Gasteiger partial charge in [0.2, 0.25) is 0 Å². The zero-order chi connectivity index (χ0) is 25.1. The second-order valence-corrected chi connectivity index (χ2v) is 8.67. The fourth-order valence-electron chi connectivity index (χ4n) is 3.99. The minimum Gasteiger partial charge on any atom is -0.497 e. The molecule has 4 aromatic rings. The number of carbonyl (C=O) groups is 1. The summed E-state index contributed by atoms with van der Waals surface area (Å²) >= 11 is 6.06. The van der Waals surface area contributed by atoms with Crippen molar-refractivity contribution in [2.24, 2.45) is 0 Å². The molecule has 0 unspecified atom stereocenters. The van der Waals surface area contributed by atoms with Crippen LogP contribution in [0.1, 0.15) is 11.1 Å². The van der Waals surface area contributed by atoms with Crippen LogP contribution in [0.2, 0.25) is 5.02 Å². The van der Waals surface area contributed by atoms with E-state index in [4.69, 9.17) is 25.8 Å². The molecule has 3 aromatic carbocycles. The van der Waals surface area contributed by atoms with Gasteiger partial charge in [0.05, 0.1) is 31.7 Å². The number of nitrogens with zero attached hydrogens (tertiary/aromatic N) is 1. The summed E-state index contributed by atoms with van der Waals surface area (Å²) in [6.07, 6.45) is 3.58.